The number of carbonyl (C=O) groups is 2. The van der Waals surface area contributed by atoms with Crippen LogP contribution in [0.15, 0.2) is 6.33 Å². The summed E-state index contributed by atoms with van der Waals surface area (Å²) in [6, 6.07) is -0.379. The van der Waals surface area contributed by atoms with Crippen LogP contribution in [-0.4, -0.2) is 49.4 Å². The van der Waals surface area contributed by atoms with E-state index >= 15 is 0 Å². The number of hydrogen-bond donors (Lipinski definition) is 2. The maximum atomic E-state index is 12.1. The quantitative estimate of drug-likeness (QED) is 0.814. The smallest absolute Gasteiger partial charge is 0.324 e. The van der Waals surface area contributed by atoms with Gasteiger partial charge in [-0.2, -0.15) is 10.1 Å². The Bertz CT molecular complexity index is 486. The summed E-state index contributed by atoms with van der Waals surface area (Å²) in [5.74, 6) is -0.786. The van der Waals surface area contributed by atoms with Crippen LogP contribution in [0.5, 0.6) is 0 Å². The lowest BCUT2D eigenvalue weighted by Crippen LogP contribution is -2.48. The number of piperidine rings is 1. The molecular weight excluding hydrogens is 250 g/mol. The van der Waals surface area contributed by atoms with Crippen molar-refractivity contribution >= 4 is 17.9 Å². The maximum absolute atomic E-state index is 12.1. The average Bonchev–Trinajstić information content (AvgIpc) is 2.74. The molecule has 8 nitrogen and oxygen atoms in total. The van der Waals surface area contributed by atoms with Crippen LogP contribution < -0.4 is 5.32 Å². The number of rotatable bonds is 2. The zero-order chi connectivity index (χ0) is 14.0. The molecule has 1 fully saturated rings. The van der Waals surface area contributed by atoms with Crippen molar-refractivity contribution in [2.24, 2.45) is 13.0 Å². The van der Waals surface area contributed by atoms with Gasteiger partial charge in [-0.25, -0.2) is 9.48 Å². The summed E-state index contributed by atoms with van der Waals surface area (Å²) in [6.45, 7) is 2.28. The van der Waals surface area contributed by atoms with Crippen molar-refractivity contribution in [1.29, 1.82) is 0 Å². The van der Waals surface area contributed by atoms with Gasteiger partial charge in [0.1, 0.15) is 6.33 Å². The van der Waals surface area contributed by atoms with Crippen LogP contribution in [0.4, 0.5) is 10.7 Å². The fraction of sp³-hybridized carbons (Fsp3) is 0.636. The molecule has 0 aromatic carbocycles. The molecular formula is C11H17N5O3. The summed E-state index contributed by atoms with van der Waals surface area (Å²) in [5.41, 5.74) is 0. The van der Waals surface area contributed by atoms with Crippen LogP contribution in [0, 0.1) is 5.92 Å². The van der Waals surface area contributed by atoms with Crippen LogP contribution in [0.2, 0.25) is 0 Å². The van der Waals surface area contributed by atoms with Crippen molar-refractivity contribution in [2.75, 3.05) is 11.9 Å². The highest BCUT2D eigenvalue weighted by atomic mass is 16.4. The van der Waals surface area contributed by atoms with E-state index in [9.17, 15) is 9.59 Å². The minimum absolute atomic E-state index is 0.108. The van der Waals surface area contributed by atoms with Gasteiger partial charge in [-0.15, -0.1) is 0 Å². The van der Waals surface area contributed by atoms with E-state index < -0.39 is 5.97 Å². The first kappa shape index (κ1) is 13.3. The van der Waals surface area contributed by atoms with Crippen LogP contribution in [0.25, 0.3) is 0 Å². The first-order valence-corrected chi connectivity index (χ1v) is 6.13. The highest BCUT2D eigenvalue weighted by Gasteiger charge is 2.32. The van der Waals surface area contributed by atoms with Gasteiger partial charge < -0.3 is 10.0 Å². The highest BCUT2D eigenvalue weighted by Crippen LogP contribution is 2.23. The van der Waals surface area contributed by atoms with Gasteiger partial charge in [0.05, 0.1) is 5.92 Å². The van der Waals surface area contributed by atoms with Gasteiger partial charge in [0.2, 0.25) is 5.95 Å². The molecule has 0 bridgehead atoms. The largest absolute Gasteiger partial charge is 0.481 e. The molecule has 0 aliphatic carbocycles. The summed E-state index contributed by atoms with van der Waals surface area (Å²) in [5, 5.41) is 15.5. The molecule has 0 radical (unpaired) electrons. The Morgan fingerprint density at radius 2 is 2.26 bits per heavy atom. The predicted molar refractivity (Wildman–Crippen MR) is 66.5 cm³/mol. The van der Waals surface area contributed by atoms with Gasteiger partial charge in [-0.1, -0.05) is 0 Å². The Morgan fingerprint density at radius 3 is 2.79 bits per heavy atom. The van der Waals surface area contributed by atoms with E-state index in [4.69, 9.17) is 5.11 Å². The number of aromatic nitrogens is 3. The van der Waals surface area contributed by atoms with Crippen LogP contribution in [-0.2, 0) is 11.8 Å². The number of urea groups is 1. The molecule has 1 aromatic rings. The second-order valence-electron chi connectivity index (χ2n) is 4.74. The normalized spacial score (nSPS) is 23.2. The third-order valence-electron chi connectivity index (χ3n) is 3.42. The molecule has 2 amide bonds. The average molecular weight is 267 g/mol. The Kier molecular flexibility index (Phi) is 3.68. The van der Waals surface area contributed by atoms with Crippen LogP contribution in [0.1, 0.15) is 19.8 Å². The standard InChI is InChI=1S/C11H17N5O3/c1-7-5-8(9(17)18)3-4-16(7)11(19)14-10-12-6-13-15(10)2/h6-8H,3-5H2,1-2H3,(H,17,18)(H,12,13,14,19). The van der Waals surface area contributed by atoms with Crippen molar-refractivity contribution in [3.8, 4) is 0 Å². The minimum atomic E-state index is -0.791. The number of likely N-dealkylation sites (tertiary alicyclic amines) is 1. The Hall–Kier alpha value is -2.12. The number of anilines is 1. The number of carboxylic acid groups (broad SMARTS) is 1. The Balaban J connectivity index is 1.97. The zero-order valence-corrected chi connectivity index (χ0v) is 10.9. The molecule has 0 spiro atoms. The first-order chi connectivity index (χ1) is 8.99. The zero-order valence-electron chi connectivity index (χ0n) is 10.9. The summed E-state index contributed by atoms with van der Waals surface area (Å²) in [6.07, 6.45) is 2.31. The number of hydrogen-bond acceptors (Lipinski definition) is 4. The molecule has 2 unspecified atom stereocenters. The third-order valence-corrected chi connectivity index (χ3v) is 3.42. The molecule has 1 saturated heterocycles. The van der Waals surface area contributed by atoms with Crippen molar-refractivity contribution in [3.63, 3.8) is 0 Å². The van der Waals surface area contributed by atoms with Gasteiger partial charge in [-0.05, 0) is 19.8 Å². The van der Waals surface area contributed by atoms with Gasteiger partial charge in [0.15, 0.2) is 0 Å². The predicted octanol–water partition coefficient (Wildman–Crippen LogP) is 0.532. The molecule has 1 aromatic heterocycles. The van der Waals surface area contributed by atoms with Gasteiger partial charge in [0, 0.05) is 19.6 Å². The van der Waals surface area contributed by atoms with Crippen molar-refractivity contribution in [2.45, 2.75) is 25.8 Å². The Morgan fingerprint density at radius 1 is 1.53 bits per heavy atom. The van der Waals surface area contributed by atoms with Crippen LogP contribution >= 0.6 is 0 Å². The number of carboxylic acids is 1. The highest BCUT2D eigenvalue weighted by molar-refractivity contribution is 5.88. The van der Waals surface area contributed by atoms with Gasteiger partial charge in [-0.3, -0.25) is 10.1 Å². The molecule has 1 aliphatic heterocycles. The molecule has 8 heteroatoms. The van der Waals surface area contributed by atoms with Crippen molar-refractivity contribution in [3.05, 3.63) is 6.33 Å². The van der Waals surface area contributed by atoms with Crippen molar-refractivity contribution < 1.29 is 14.7 Å². The molecule has 104 valence electrons. The molecule has 19 heavy (non-hydrogen) atoms. The number of carbonyl (C=O) groups excluding carboxylic acids is 1. The summed E-state index contributed by atoms with van der Waals surface area (Å²) >= 11 is 0. The van der Waals surface area contributed by atoms with E-state index in [-0.39, 0.29) is 18.0 Å². The number of nitrogens with zero attached hydrogens (tertiary/aromatic N) is 4. The summed E-state index contributed by atoms with van der Waals surface area (Å²) < 4.78 is 1.46. The molecule has 1 aliphatic rings. The van der Waals surface area contributed by atoms with E-state index in [1.807, 2.05) is 6.92 Å². The number of nitrogens with one attached hydrogen (secondary N) is 1. The lowest BCUT2D eigenvalue weighted by molar-refractivity contribution is -0.143. The lowest BCUT2D eigenvalue weighted by atomic mass is 9.92. The second-order valence-corrected chi connectivity index (χ2v) is 4.74. The lowest BCUT2D eigenvalue weighted by Gasteiger charge is -2.35. The molecule has 0 saturated carbocycles. The Labute approximate surface area is 110 Å². The van der Waals surface area contributed by atoms with E-state index in [1.165, 1.54) is 11.0 Å². The first-order valence-electron chi connectivity index (χ1n) is 6.13. The fourth-order valence-corrected chi connectivity index (χ4v) is 2.27. The van der Waals surface area contributed by atoms with E-state index in [0.717, 1.165) is 0 Å². The van der Waals surface area contributed by atoms with Gasteiger partial charge in [0.25, 0.3) is 0 Å². The monoisotopic (exact) mass is 267 g/mol. The van der Waals surface area contributed by atoms with E-state index in [2.05, 4.69) is 15.4 Å². The summed E-state index contributed by atoms with van der Waals surface area (Å²) in [4.78, 5) is 28.6. The van der Waals surface area contributed by atoms with Gasteiger partial charge >= 0.3 is 12.0 Å². The number of aryl methyl sites for hydroxylation is 1. The van der Waals surface area contributed by atoms with E-state index in [0.29, 0.717) is 25.3 Å². The topological polar surface area (TPSA) is 100 Å². The fourth-order valence-electron chi connectivity index (χ4n) is 2.27. The minimum Gasteiger partial charge on any atom is -0.481 e. The molecule has 2 heterocycles. The SMILES string of the molecule is CC1CC(C(=O)O)CCN1C(=O)Nc1ncnn1C. The maximum Gasteiger partial charge on any atom is 0.324 e. The molecule has 2 atom stereocenters. The second kappa shape index (κ2) is 5.25. The summed E-state index contributed by atoms with van der Waals surface area (Å²) in [7, 11) is 1.68. The van der Waals surface area contributed by atoms with Crippen molar-refractivity contribution in [1.82, 2.24) is 19.7 Å². The third kappa shape index (κ3) is 2.83. The number of amides is 2. The molecule has 2 rings (SSSR count). The molecule has 2 N–H and O–H groups in total. The van der Waals surface area contributed by atoms with Crippen LogP contribution in [0.3, 0.4) is 0 Å². The number of aliphatic carboxylic acids is 1. The van der Waals surface area contributed by atoms with E-state index in [1.54, 1.807) is 11.9 Å².